The summed E-state index contributed by atoms with van der Waals surface area (Å²) in [5.74, 6) is -0.921. The molecule has 57 heavy (non-hydrogen) atoms. The van der Waals surface area contributed by atoms with Gasteiger partial charge in [0, 0.05) is 19.3 Å². The number of hydrogen-bond donors (Lipinski definition) is 0. The Morgan fingerprint density at radius 1 is 0.368 bits per heavy atom. The van der Waals surface area contributed by atoms with Gasteiger partial charge < -0.3 is 14.2 Å². The largest absolute Gasteiger partial charge is 0.462 e. The molecule has 0 aromatic carbocycles. The van der Waals surface area contributed by atoms with Gasteiger partial charge in [0.2, 0.25) is 0 Å². The van der Waals surface area contributed by atoms with Gasteiger partial charge in [0.25, 0.3) is 0 Å². The van der Waals surface area contributed by atoms with Gasteiger partial charge in [-0.05, 0) is 83.5 Å². The summed E-state index contributed by atoms with van der Waals surface area (Å²) < 4.78 is 16.6. The number of rotatable bonds is 41. The molecule has 0 aliphatic rings. The number of allylic oxidation sites excluding steroid dienone is 12. The van der Waals surface area contributed by atoms with Crippen LogP contribution in [0.1, 0.15) is 213 Å². The zero-order valence-corrected chi connectivity index (χ0v) is 37.1. The van der Waals surface area contributed by atoms with Gasteiger partial charge in [-0.25, -0.2) is 0 Å². The minimum Gasteiger partial charge on any atom is -0.462 e. The second kappa shape index (κ2) is 45.6. The van der Waals surface area contributed by atoms with Crippen LogP contribution in [0.5, 0.6) is 0 Å². The lowest BCUT2D eigenvalue weighted by Crippen LogP contribution is -2.30. The third-order valence-corrected chi connectivity index (χ3v) is 9.71. The molecule has 0 aliphatic carbocycles. The summed E-state index contributed by atoms with van der Waals surface area (Å²) in [7, 11) is 0. The molecule has 0 amide bonds. The van der Waals surface area contributed by atoms with Crippen LogP contribution < -0.4 is 0 Å². The fourth-order valence-corrected chi connectivity index (χ4v) is 6.23. The molecule has 0 N–H and O–H groups in total. The van der Waals surface area contributed by atoms with Crippen LogP contribution in [0.3, 0.4) is 0 Å². The van der Waals surface area contributed by atoms with E-state index in [1.165, 1.54) is 57.8 Å². The third kappa shape index (κ3) is 43.8. The molecule has 0 bridgehead atoms. The van der Waals surface area contributed by atoms with E-state index in [-0.39, 0.29) is 31.1 Å². The van der Waals surface area contributed by atoms with Crippen LogP contribution in [-0.2, 0) is 28.6 Å². The average Bonchev–Trinajstić information content (AvgIpc) is 3.21. The molecule has 1 unspecified atom stereocenters. The van der Waals surface area contributed by atoms with Crippen molar-refractivity contribution in [3.05, 3.63) is 72.9 Å². The Hall–Kier alpha value is -3.15. The van der Waals surface area contributed by atoms with Gasteiger partial charge in [-0.3, -0.25) is 14.4 Å². The van der Waals surface area contributed by atoms with Crippen molar-refractivity contribution < 1.29 is 28.6 Å². The van der Waals surface area contributed by atoms with Gasteiger partial charge in [-0.1, -0.05) is 184 Å². The van der Waals surface area contributed by atoms with Crippen molar-refractivity contribution >= 4 is 17.9 Å². The second-order valence-electron chi connectivity index (χ2n) is 15.3. The van der Waals surface area contributed by atoms with Crippen molar-refractivity contribution in [1.29, 1.82) is 0 Å². The van der Waals surface area contributed by atoms with Crippen LogP contribution >= 0.6 is 0 Å². The van der Waals surface area contributed by atoms with Gasteiger partial charge in [-0.2, -0.15) is 0 Å². The topological polar surface area (TPSA) is 78.9 Å². The van der Waals surface area contributed by atoms with E-state index in [1.807, 2.05) is 0 Å². The lowest BCUT2D eigenvalue weighted by molar-refractivity contribution is -0.167. The first-order valence-corrected chi connectivity index (χ1v) is 23.4. The van der Waals surface area contributed by atoms with Crippen molar-refractivity contribution in [2.24, 2.45) is 0 Å². The molecule has 0 rings (SSSR count). The molecule has 0 radical (unpaired) electrons. The summed E-state index contributed by atoms with van der Waals surface area (Å²) in [5.41, 5.74) is 0. The van der Waals surface area contributed by atoms with Crippen molar-refractivity contribution in [2.75, 3.05) is 13.2 Å². The van der Waals surface area contributed by atoms with Crippen molar-refractivity contribution in [2.45, 2.75) is 219 Å². The Morgan fingerprint density at radius 3 is 1.07 bits per heavy atom. The fourth-order valence-electron chi connectivity index (χ4n) is 6.23. The zero-order chi connectivity index (χ0) is 41.5. The van der Waals surface area contributed by atoms with Gasteiger partial charge in [0.15, 0.2) is 6.10 Å². The molecule has 326 valence electrons. The summed E-state index contributed by atoms with van der Waals surface area (Å²) in [5, 5.41) is 0. The lowest BCUT2D eigenvalue weighted by Gasteiger charge is -2.18. The van der Waals surface area contributed by atoms with Crippen LogP contribution in [0.25, 0.3) is 0 Å². The molecular formula is C51H86O6. The van der Waals surface area contributed by atoms with Crippen LogP contribution in [0, 0.1) is 0 Å². The van der Waals surface area contributed by atoms with Gasteiger partial charge in [0.1, 0.15) is 13.2 Å². The maximum absolute atomic E-state index is 12.7. The lowest BCUT2D eigenvalue weighted by atomic mass is 10.1. The van der Waals surface area contributed by atoms with Crippen LogP contribution in [0.4, 0.5) is 0 Å². The van der Waals surface area contributed by atoms with Crippen molar-refractivity contribution in [3.8, 4) is 0 Å². The molecule has 0 spiro atoms. The maximum atomic E-state index is 12.7. The van der Waals surface area contributed by atoms with Crippen molar-refractivity contribution in [3.63, 3.8) is 0 Å². The normalized spacial score (nSPS) is 12.7. The summed E-state index contributed by atoms with van der Waals surface area (Å²) in [6.45, 7) is 6.30. The standard InChI is InChI=1S/C51H86O6/c1-4-7-10-13-15-17-19-21-23-25-27-29-31-33-35-38-41-44-50(53)56-47-48(46-55-49(52)43-40-37-12-9-6-3)57-51(54)45-42-39-36-34-32-30-28-26-24-22-20-18-16-14-11-8-5-2/h7-8,10-11,15-18,21-24,48H,4-6,9,12-14,19-20,25-47H2,1-3H3/b10-7-,11-8-,17-15-,18-16-,23-21-,24-22-. The minimum absolute atomic E-state index is 0.0842. The Kier molecular flexibility index (Phi) is 43.0. The second-order valence-corrected chi connectivity index (χ2v) is 15.3. The molecule has 0 aromatic heterocycles. The molecule has 0 heterocycles. The first kappa shape index (κ1) is 53.9. The van der Waals surface area contributed by atoms with E-state index in [0.717, 1.165) is 116 Å². The number of unbranched alkanes of at least 4 members (excludes halogenated alkanes) is 18. The first-order valence-electron chi connectivity index (χ1n) is 23.4. The Balaban J connectivity index is 4.24. The SMILES string of the molecule is CC/C=C\C/C=C\C/C=C\CCCCCCCCCC(=O)OCC(COC(=O)CCCCCCC)OC(=O)CCCCCCCCC/C=C\C/C=C\C/C=C\CC. The van der Waals surface area contributed by atoms with E-state index in [9.17, 15) is 14.4 Å². The zero-order valence-electron chi connectivity index (χ0n) is 37.1. The van der Waals surface area contributed by atoms with Crippen molar-refractivity contribution in [1.82, 2.24) is 0 Å². The quantitative estimate of drug-likeness (QED) is 0.0265. The molecule has 0 saturated heterocycles. The van der Waals surface area contributed by atoms with Gasteiger partial charge in [0.05, 0.1) is 0 Å². The number of carbonyl (C=O) groups is 3. The monoisotopic (exact) mass is 795 g/mol. The van der Waals surface area contributed by atoms with E-state index in [1.54, 1.807) is 0 Å². The smallest absolute Gasteiger partial charge is 0.306 e. The van der Waals surface area contributed by atoms with Crippen LogP contribution in [0.2, 0.25) is 0 Å². The highest BCUT2D eigenvalue weighted by molar-refractivity contribution is 5.71. The van der Waals surface area contributed by atoms with E-state index < -0.39 is 6.10 Å². The maximum Gasteiger partial charge on any atom is 0.306 e. The van der Waals surface area contributed by atoms with Gasteiger partial charge >= 0.3 is 17.9 Å². The predicted molar refractivity (Wildman–Crippen MR) is 242 cm³/mol. The Morgan fingerprint density at radius 2 is 0.684 bits per heavy atom. The molecule has 6 heteroatoms. The summed E-state index contributed by atoms with van der Waals surface area (Å²) in [6, 6.07) is 0. The highest BCUT2D eigenvalue weighted by Gasteiger charge is 2.19. The molecule has 0 fully saturated rings. The third-order valence-electron chi connectivity index (χ3n) is 9.71. The highest BCUT2D eigenvalue weighted by Crippen LogP contribution is 2.14. The average molecular weight is 795 g/mol. The van der Waals surface area contributed by atoms with E-state index >= 15 is 0 Å². The van der Waals surface area contributed by atoms with Crippen LogP contribution in [-0.4, -0.2) is 37.2 Å². The Labute approximate surface area is 351 Å². The molecule has 6 nitrogen and oxygen atoms in total. The summed E-state index contributed by atoms with van der Waals surface area (Å²) in [4.78, 5) is 37.6. The fraction of sp³-hybridized carbons (Fsp3) is 0.706. The summed E-state index contributed by atoms with van der Waals surface area (Å²) in [6.07, 6.45) is 56.3. The minimum atomic E-state index is -0.780. The molecule has 0 aromatic rings. The van der Waals surface area contributed by atoms with E-state index in [2.05, 4.69) is 93.7 Å². The number of esters is 3. The van der Waals surface area contributed by atoms with Gasteiger partial charge in [-0.15, -0.1) is 0 Å². The van der Waals surface area contributed by atoms with E-state index in [0.29, 0.717) is 19.3 Å². The summed E-state index contributed by atoms with van der Waals surface area (Å²) >= 11 is 0. The predicted octanol–water partition coefficient (Wildman–Crippen LogP) is 15.1. The van der Waals surface area contributed by atoms with Crippen LogP contribution in [0.15, 0.2) is 72.9 Å². The Bertz CT molecular complexity index is 1100. The first-order chi connectivity index (χ1) is 28.0. The molecule has 1 atom stereocenters. The molecule has 0 saturated carbocycles. The molecular weight excluding hydrogens is 709 g/mol. The highest BCUT2D eigenvalue weighted by atomic mass is 16.6. The molecule has 0 aliphatic heterocycles. The number of carbonyl (C=O) groups excluding carboxylic acids is 3. The number of hydrogen-bond acceptors (Lipinski definition) is 6. The number of ether oxygens (including phenoxy) is 3. The van der Waals surface area contributed by atoms with E-state index in [4.69, 9.17) is 14.2 Å².